The fourth-order valence-corrected chi connectivity index (χ4v) is 3.43. The minimum atomic E-state index is -2.83. The number of nitrogens with one attached hydrogen (secondary N) is 2. The van der Waals surface area contributed by atoms with Crippen LogP contribution in [0.1, 0.15) is 31.2 Å². The molecule has 2 saturated heterocycles. The number of fused-ring (bicyclic) bond motifs is 2. The lowest BCUT2D eigenvalue weighted by Crippen LogP contribution is -2.48. The molecule has 2 aliphatic rings. The topological polar surface area (TPSA) is 50.4 Å². The van der Waals surface area contributed by atoms with Gasteiger partial charge in [-0.05, 0) is 43.4 Å². The Hall–Kier alpha value is -1.40. The molecule has 3 rings (SSSR count). The number of hydrogen-bond donors (Lipinski definition) is 2. The highest BCUT2D eigenvalue weighted by atomic mass is 35.5. The number of benzene rings is 1. The van der Waals surface area contributed by atoms with Gasteiger partial charge in [0, 0.05) is 18.1 Å². The second kappa shape index (κ2) is 7.93. The second-order valence-electron chi connectivity index (χ2n) is 6.07. The van der Waals surface area contributed by atoms with E-state index in [4.69, 9.17) is 0 Å². The van der Waals surface area contributed by atoms with Gasteiger partial charge in [-0.25, -0.2) is 0 Å². The molecule has 2 unspecified atom stereocenters. The molecule has 1 amide bonds. The van der Waals surface area contributed by atoms with Gasteiger partial charge < -0.3 is 15.4 Å². The summed E-state index contributed by atoms with van der Waals surface area (Å²) in [6.45, 7) is -2.83. The molecule has 2 atom stereocenters. The summed E-state index contributed by atoms with van der Waals surface area (Å²) in [5, 5.41) is 6.62. The molecule has 0 spiro atoms. The highest BCUT2D eigenvalue weighted by Crippen LogP contribution is 2.26. The van der Waals surface area contributed by atoms with Crippen molar-refractivity contribution in [1.29, 1.82) is 0 Å². The van der Waals surface area contributed by atoms with Crippen LogP contribution in [0.25, 0.3) is 0 Å². The van der Waals surface area contributed by atoms with Gasteiger partial charge in [-0.3, -0.25) is 4.79 Å². The smallest absolute Gasteiger partial charge is 0.387 e. The molecule has 1 aromatic carbocycles. The Morgan fingerprint density at radius 3 is 2.39 bits per heavy atom. The van der Waals surface area contributed by atoms with Crippen LogP contribution in [-0.4, -0.2) is 30.6 Å². The van der Waals surface area contributed by atoms with Gasteiger partial charge >= 0.3 is 6.61 Å². The second-order valence-corrected chi connectivity index (χ2v) is 6.07. The highest BCUT2D eigenvalue weighted by Gasteiger charge is 2.33. The number of carbonyl (C=O) groups excluding carboxylic acids is 1. The molecule has 23 heavy (non-hydrogen) atoms. The molecule has 0 aromatic heterocycles. The van der Waals surface area contributed by atoms with Crippen molar-refractivity contribution in [3.8, 4) is 5.75 Å². The van der Waals surface area contributed by atoms with Crippen molar-refractivity contribution in [3.63, 3.8) is 0 Å². The number of amides is 1. The van der Waals surface area contributed by atoms with Gasteiger partial charge in [0.1, 0.15) is 5.75 Å². The molecule has 2 fully saturated rings. The maximum absolute atomic E-state index is 12.1. The summed E-state index contributed by atoms with van der Waals surface area (Å²) in [4.78, 5) is 12.1. The molecule has 2 bridgehead atoms. The number of ether oxygens (including phenoxy) is 1. The van der Waals surface area contributed by atoms with Gasteiger partial charge in [0.05, 0.1) is 6.42 Å². The van der Waals surface area contributed by atoms with Gasteiger partial charge in [-0.1, -0.05) is 12.1 Å². The molecule has 2 heterocycles. The van der Waals surface area contributed by atoms with Crippen molar-refractivity contribution in [2.24, 2.45) is 0 Å². The van der Waals surface area contributed by atoms with E-state index in [2.05, 4.69) is 15.4 Å². The lowest BCUT2D eigenvalue weighted by Gasteiger charge is -2.29. The summed E-state index contributed by atoms with van der Waals surface area (Å²) in [5.41, 5.74) is 0.788. The summed E-state index contributed by atoms with van der Waals surface area (Å²) in [6.07, 6.45) is 4.63. The minimum Gasteiger partial charge on any atom is -0.435 e. The van der Waals surface area contributed by atoms with E-state index in [1.165, 1.54) is 25.0 Å². The van der Waals surface area contributed by atoms with Gasteiger partial charge in [0.15, 0.2) is 0 Å². The fraction of sp³-hybridized carbons (Fsp3) is 0.562. The molecule has 128 valence electrons. The van der Waals surface area contributed by atoms with E-state index in [0.29, 0.717) is 12.1 Å². The Morgan fingerprint density at radius 2 is 1.83 bits per heavy atom. The van der Waals surface area contributed by atoms with Gasteiger partial charge in [-0.2, -0.15) is 8.78 Å². The van der Waals surface area contributed by atoms with Crippen LogP contribution in [0.4, 0.5) is 8.78 Å². The summed E-state index contributed by atoms with van der Waals surface area (Å²) < 4.78 is 28.4. The zero-order valence-corrected chi connectivity index (χ0v) is 13.5. The van der Waals surface area contributed by atoms with Crippen molar-refractivity contribution >= 4 is 18.3 Å². The van der Waals surface area contributed by atoms with Crippen LogP contribution in [0.15, 0.2) is 24.3 Å². The monoisotopic (exact) mass is 346 g/mol. The third kappa shape index (κ3) is 5.04. The van der Waals surface area contributed by atoms with E-state index in [0.717, 1.165) is 18.4 Å². The van der Waals surface area contributed by atoms with Crippen LogP contribution in [-0.2, 0) is 11.2 Å². The fourth-order valence-electron chi connectivity index (χ4n) is 3.43. The first-order valence-electron chi connectivity index (χ1n) is 7.67. The van der Waals surface area contributed by atoms with Crippen molar-refractivity contribution in [3.05, 3.63) is 29.8 Å². The third-order valence-electron chi connectivity index (χ3n) is 4.35. The van der Waals surface area contributed by atoms with Crippen LogP contribution in [0.5, 0.6) is 5.75 Å². The molecule has 0 saturated carbocycles. The first kappa shape index (κ1) is 17.9. The Kier molecular flexibility index (Phi) is 6.18. The first-order chi connectivity index (χ1) is 10.6. The molecule has 7 heteroatoms. The van der Waals surface area contributed by atoms with Crippen molar-refractivity contribution in [2.75, 3.05) is 0 Å². The predicted octanol–water partition coefficient (Wildman–Crippen LogP) is 2.65. The Bertz CT molecular complexity index is 515. The van der Waals surface area contributed by atoms with E-state index >= 15 is 0 Å². The van der Waals surface area contributed by atoms with Crippen LogP contribution in [0, 0.1) is 0 Å². The van der Waals surface area contributed by atoms with Crippen molar-refractivity contribution < 1.29 is 18.3 Å². The molecular weight excluding hydrogens is 326 g/mol. The maximum atomic E-state index is 12.1. The summed E-state index contributed by atoms with van der Waals surface area (Å²) in [7, 11) is 0. The highest BCUT2D eigenvalue weighted by molar-refractivity contribution is 5.85. The zero-order chi connectivity index (χ0) is 15.5. The van der Waals surface area contributed by atoms with Crippen LogP contribution < -0.4 is 15.4 Å². The number of rotatable bonds is 5. The minimum absolute atomic E-state index is 0. The normalized spacial score (nSPS) is 25.8. The predicted molar refractivity (Wildman–Crippen MR) is 85.1 cm³/mol. The van der Waals surface area contributed by atoms with E-state index < -0.39 is 6.61 Å². The Balaban J connectivity index is 0.00000192. The number of carbonyl (C=O) groups is 1. The van der Waals surface area contributed by atoms with E-state index in [-0.39, 0.29) is 36.5 Å². The van der Waals surface area contributed by atoms with Gasteiger partial charge in [0.2, 0.25) is 5.91 Å². The first-order valence-corrected chi connectivity index (χ1v) is 7.67. The molecule has 0 radical (unpaired) electrons. The number of halogens is 3. The Morgan fingerprint density at radius 1 is 1.22 bits per heavy atom. The van der Waals surface area contributed by atoms with Crippen molar-refractivity contribution in [2.45, 2.75) is 56.8 Å². The number of piperidine rings is 1. The third-order valence-corrected chi connectivity index (χ3v) is 4.35. The standard InChI is InChI=1S/C16H20F2N2O2.ClH/c17-16(18)22-14-5-1-10(2-6-14)7-15(21)20-13-8-11-3-4-12(9-13)19-11;/h1-2,5-6,11-13,16,19H,3-4,7-9H2,(H,20,21);1H. The molecule has 4 nitrogen and oxygen atoms in total. The molecule has 2 aliphatic heterocycles. The number of hydrogen-bond acceptors (Lipinski definition) is 3. The number of alkyl halides is 2. The van der Waals surface area contributed by atoms with Crippen molar-refractivity contribution in [1.82, 2.24) is 10.6 Å². The summed E-state index contributed by atoms with van der Waals surface area (Å²) >= 11 is 0. The van der Waals surface area contributed by atoms with Gasteiger partial charge in [-0.15, -0.1) is 12.4 Å². The summed E-state index contributed by atoms with van der Waals surface area (Å²) in [5.74, 6) is 0.0860. The average Bonchev–Trinajstić information content (AvgIpc) is 2.79. The zero-order valence-electron chi connectivity index (χ0n) is 12.6. The Labute approximate surface area is 140 Å². The lowest BCUT2D eigenvalue weighted by atomic mass is 9.99. The maximum Gasteiger partial charge on any atom is 0.387 e. The summed E-state index contributed by atoms with van der Waals surface area (Å²) in [6, 6.07) is 7.52. The van der Waals surface area contributed by atoms with E-state index in [1.54, 1.807) is 12.1 Å². The largest absolute Gasteiger partial charge is 0.435 e. The lowest BCUT2D eigenvalue weighted by molar-refractivity contribution is -0.121. The molecular formula is C16H21ClF2N2O2. The van der Waals surface area contributed by atoms with Crippen LogP contribution in [0.3, 0.4) is 0 Å². The quantitative estimate of drug-likeness (QED) is 0.861. The van der Waals surface area contributed by atoms with Crippen LogP contribution >= 0.6 is 12.4 Å². The van der Waals surface area contributed by atoms with E-state index in [1.807, 2.05) is 0 Å². The molecule has 1 aromatic rings. The average molecular weight is 347 g/mol. The van der Waals surface area contributed by atoms with E-state index in [9.17, 15) is 13.6 Å². The van der Waals surface area contributed by atoms with Gasteiger partial charge in [0.25, 0.3) is 0 Å². The molecule has 2 N–H and O–H groups in total. The van der Waals surface area contributed by atoms with Crippen LogP contribution in [0.2, 0.25) is 0 Å². The SMILES string of the molecule is Cl.O=C(Cc1ccc(OC(F)F)cc1)NC1CC2CCC(C1)N2. The molecule has 0 aliphatic carbocycles.